The molecular formula is C16H26N4O2. The highest BCUT2D eigenvalue weighted by molar-refractivity contribution is 5.94. The summed E-state index contributed by atoms with van der Waals surface area (Å²) in [7, 11) is 0. The molecule has 1 aromatic rings. The van der Waals surface area contributed by atoms with Crippen LogP contribution in [0.2, 0.25) is 0 Å². The van der Waals surface area contributed by atoms with E-state index in [0.717, 1.165) is 43.6 Å². The van der Waals surface area contributed by atoms with Gasteiger partial charge in [0.1, 0.15) is 0 Å². The van der Waals surface area contributed by atoms with Crippen molar-refractivity contribution in [2.45, 2.75) is 58.9 Å². The van der Waals surface area contributed by atoms with E-state index < -0.39 is 0 Å². The van der Waals surface area contributed by atoms with Gasteiger partial charge in [-0.15, -0.1) is 0 Å². The standard InChI is InChI=1S/C16H26N4O2/c1-4-9-20-10-8-12(6-7-14(20)21)17-16(22)15-11(3)13(5-2)18-19-15/h12H,4-10H2,1-3H3,(H,17,22)(H,18,19). The van der Waals surface area contributed by atoms with Crippen molar-refractivity contribution in [3.8, 4) is 0 Å². The highest BCUT2D eigenvalue weighted by Gasteiger charge is 2.24. The third-order valence-electron chi connectivity index (χ3n) is 4.31. The molecule has 1 atom stereocenters. The number of likely N-dealkylation sites (tertiary alicyclic amines) is 1. The Bertz CT molecular complexity index is 538. The van der Waals surface area contributed by atoms with E-state index in [4.69, 9.17) is 0 Å². The molecule has 6 nitrogen and oxygen atoms in total. The number of hydrogen-bond donors (Lipinski definition) is 2. The highest BCUT2D eigenvalue weighted by Crippen LogP contribution is 2.15. The van der Waals surface area contributed by atoms with Crippen LogP contribution in [0.5, 0.6) is 0 Å². The number of carbonyl (C=O) groups excluding carboxylic acids is 2. The van der Waals surface area contributed by atoms with Crippen molar-refractivity contribution in [2.24, 2.45) is 0 Å². The van der Waals surface area contributed by atoms with E-state index in [9.17, 15) is 9.59 Å². The van der Waals surface area contributed by atoms with Crippen LogP contribution in [0, 0.1) is 6.92 Å². The van der Waals surface area contributed by atoms with Crippen LogP contribution < -0.4 is 5.32 Å². The lowest BCUT2D eigenvalue weighted by Gasteiger charge is -2.20. The predicted octanol–water partition coefficient (Wildman–Crippen LogP) is 1.80. The minimum absolute atomic E-state index is 0.0412. The maximum Gasteiger partial charge on any atom is 0.272 e. The van der Waals surface area contributed by atoms with Crippen LogP contribution in [0.25, 0.3) is 0 Å². The molecule has 0 spiro atoms. The second-order valence-electron chi connectivity index (χ2n) is 5.91. The Morgan fingerprint density at radius 2 is 2.18 bits per heavy atom. The van der Waals surface area contributed by atoms with Gasteiger partial charge in [0.15, 0.2) is 5.69 Å². The first-order valence-electron chi connectivity index (χ1n) is 8.19. The largest absolute Gasteiger partial charge is 0.348 e. The number of aryl methyl sites for hydroxylation is 1. The molecule has 2 rings (SSSR count). The fourth-order valence-corrected chi connectivity index (χ4v) is 2.94. The number of amides is 2. The van der Waals surface area contributed by atoms with Crippen molar-refractivity contribution in [1.82, 2.24) is 20.4 Å². The van der Waals surface area contributed by atoms with E-state index >= 15 is 0 Å². The molecule has 0 aliphatic carbocycles. The number of aromatic nitrogens is 2. The van der Waals surface area contributed by atoms with Crippen molar-refractivity contribution in [1.29, 1.82) is 0 Å². The monoisotopic (exact) mass is 306 g/mol. The fourth-order valence-electron chi connectivity index (χ4n) is 2.94. The molecule has 122 valence electrons. The topological polar surface area (TPSA) is 78.1 Å². The molecular weight excluding hydrogens is 280 g/mol. The van der Waals surface area contributed by atoms with Crippen molar-refractivity contribution < 1.29 is 9.59 Å². The Balaban J connectivity index is 1.97. The number of rotatable bonds is 5. The van der Waals surface area contributed by atoms with E-state index in [1.165, 1.54) is 0 Å². The van der Waals surface area contributed by atoms with Crippen LogP contribution in [-0.4, -0.2) is 46.0 Å². The molecule has 1 fully saturated rings. The first-order chi connectivity index (χ1) is 10.6. The van der Waals surface area contributed by atoms with Gasteiger partial charge in [0.2, 0.25) is 5.91 Å². The molecule has 1 aliphatic heterocycles. The molecule has 0 radical (unpaired) electrons. The summed E-state index contributed by atoms with van der Waals surface area (Å²) >= 11 is 0. The maximum absolute atomic E-state index is 12.4. The fraction of sp³-hybridized carbons (Fsp3) is 0.688. The Morgan fingerprint density at radius 1 is 1.41 bits per heavy atom. The van der Waals surface area contributed by atoms with E-state index in [1.807, 2.05) is 18.7 Å². The first-order valence-corrected chi connectivity index (χ1v) is 8.19. The number of H-pyrrole nitrogens is 1. The number of hydrogen-bond acceptors (Lipinski definition) is 3. The Morgan fingerprint density at radius 3 is 2.82 bits per heavy atom. The van der Waals surface area contributed by atoms with Crippen LogP contribution in [0.4, 0.5) is 0 Å². The van der Waals surface area contributed by atoms with Gasteiger partial charge in [0, 0.05) is 36.8 Å². The molecule has 1 aromatic heterocycles. The predicted molar refractivity (Wildman–Crippen MR) is 84.7 cm³/mol. The van der Waals surface area contributed by atoms with Gasteiger partial charge in [0.05, 0.1) is 0 Å². The minimum Gasteiger partial charge on any atom is -0.348 e. The second kappa shape index (κ2) is 7.42. The van der Waals surface area contributed by atoms with Crippen LogP contribution >= 0.6 is 0 Å². The molecule has 0 bridgehead atoms. The average Bonchev–Trinajstić information content (AvgIpc) is 2.80. The Hall–Kier alpha value is -1.85. The number of nitrogens with zero attached hydrogens (tertiary/aromatic N) is 2. The smallest absolute Gasteiger partial charge is 0.272 e. The van der Waals surface area contributed by atoms with Gasteiger partial charge in [-0.25, -0.2) is 0 Å². The van der Waals surface area contributed by atoms with Crippen LogP contribution in [0.15, 0.2) is 0 Å². The molecule has 2 amide bonds. The van der Waals surface area contributed by atoms with Gasteiger partial charge in [-0.3, -0.25) is 14.7 Å². The average molecular weight is 306 g/mol. The molecule has 0 aromatic carbocycles. The quantitative estimate of drug-likeness (QED) is 0.870. The molecule has 1 saturated heterocycles. The van der Waals surface area contributed by atoms with Crippen molar-refractivity contribution >= 4 is 11.8 Å². The van der Waals surface area contributed by atoms with Gasteiger partial charge >= 0.3 is 0 Å². The summed E-state index contributed by atoms with van der Waals surface area (Å²) in [6, 6.07) is 0.0412. The van der Waals surface area contributed by atoms with E-state index in [-0.39, 0.29) is 17.9 Å². The first kappa shape index (κ1) is 16.5. The lowest BCUT2D eigenvalue weighted by Crippen LogP contribution is -2.36. The van der Waals surface area contributed by atoms with Crippen LogP contribution in [-0.2, 0) is 11.2 Å². The second-order valence-corrected chi connectivity index (χ2v) is 5.91. The lowest BCUT2D eigenvalue weighted by molar-refractivity contribution is -0.130. The maximum atomic E-state index is 12.4. The van der Waals surface area contributed by atoms with E-state index in [0.29, 0.717) is 18.5 Å². The van der Waals surface area contributed by atoms with Crippen LogP contribution in [0.3, 0.4) is 0 Å². The molecule has 2 N–H and O–H groups in total. The van der Waals surface area contributed by atoms with Gasteiger partial charge in [-0.2, -0.15) is 5.10 Å². The Labute approximate surface area is 131 Å². The number of nitrogens with one attached hydrogen (secondary N) is 2. The molecule has 6 heteroatoms. The third-order valence-corrected chi connectivity index (χ3v) is 4.31. The summed E-state index contributed by atoms with van der Waals surface area (Å²) in [6.07, 6.45) is 3.81. The summed E-state index contributed by atoms with van der Waals surface area (Å²) in [5.41, 5.74) is 2.38. The van der Waals surface area contributed by atoms with Crippen molar-refractivity contribution in [2.75, 3.05) is 13.1 Å². The lowest BCUT2D eigenvalue weighted by atomic mass is 10.1. The summed E-state index contributed by atoms with van der Waals surface area (Å²) in [5, 5.41) is 10.1. The summed E-state index contributed by atoms with van der Waals surface area (Å²) in [4.78, 5) is 26.3. The SMILES string of the molecule is CCCN1CCC(NC(=O)c2n[nH]c(CC)c2C)CCC1=O. The van der Waals surface area contributed by atoms with Gasteiger partial charge in [0.25, 0.3) is 5.91 Å². The van der Waals surface area contributed by atoms with E-state index in [2.05, 4.69) is 22.4 Å². The molecule has 2 heterocycles. The Kier molecular flexibility index (Phi) is 5.57. The number of carbonyl (C=O) groups is 2. The molecule has 1 aliphatic rings. The number of aromatic amines is 1. The van der Waals surface area contributed by atoms with Gasteiger partial charge in [-0.05, 0) is 32.6 Å². The van der Waals surface area contributed by atoms with Gasteiger partial charge < -0.3 is 10.2 Å². The van der Waals surface area contributed by atoms with Crippen molar-refractivity contribution in [3.63, 3.8) is 0 Å². The summed E-state index contributed by atoms with van der Waals surface area (Å²) in [6.45, 7) is 7.54. The third kappa shape index (κ3) is 3.67. The van der Waals surface area contributed by atoms with E-state index in [1.54, 1.807) is 0 Å². The summed E-state index contributed by atoms with van der Waals surface area (Å²) in [5.74, 6) is 0.0534. The zero-order chi connectivity index (χ0) is 16.1. The normalized spacial score (nSPS) is 19.1. The highest BCUT2D eigenvalue weighted by atomic mass is 16.2. The zero-order valence-electron chi connectivity index (χ0n) is 13.7. The summed E-state index contributed by atoms with van der Waals surface area (Å²) < 4.78 is 0. The molecule has 22 heavy (non-hydrogen) atoms. The van der Waals surface area contributed by atoms with Crippen molar-refractivity contribution in [3.05, 3.63) is 17.0 Å². The molecule has 1 unspecified atom stereocenters. The minimum atomic E-state index is -0.144. The van der Waals surface area contributed by atoms with Crippen LogP contribution in [0.1, 0.15) is 61.3 Å². The zero-order valence-corrected chi connectivity index (χ0v) is 13.7. The molecule has 0 saturated carbocycles. The van der Waals surface area contributed by atoms with Gasteiger partial charge in [-0.1, -0.05) is 13.8 Å².